The zero-order chi connectivity index (χ0) is 13.9. The number of hydrogen-bond donors (Lipinski definition) is 4. The van der Waals surface area contributed by atoms with Crippen LogP contribution >= 0.6 is 0 Å². The number of rotatable bonds is 2. The molecule has 7 nitrogen and oxygen atoms in total. The molecule has 2 aliphatic rings. The minimum Gasteiger partial charge on any atom is -0.359 e. The van der Waals surface area contributed by atoms with Crippen molar-refractivity contribution in [3.05, 3.63) is 11.8 Å². The highest BCUT2D eigenvalue weighted by Crippen LogP contribution is 2.21. The number of carbonyl (C=O) groups excluding carboxylic acids is 2. The van der Waals surface area contributed by atoms with Crippen LogP contribution in [0.15, 0.2) is 6.20 Å². The van der Waals surface area contributed by atoms with Crippen LogP contribution < -0.4 is 16.0 Å². The number of aryl methyl sites for hydroxylation is 1. The van der Waals surface area contributed by atoms with Gasteiger partial charge in [0.25, 0.3) is 0 Å². The molecule has 1 fully saturated rings. The molecule has 3 heterocycles. The molecule has 2 unspecified atom stereocenters. The number of aromatic amines is 1. The number of carbonyl (C=O) groups is 2. The first-order valence-corrected chi connectivity index (χ1v) is 7.11. The Kier molecular flexibility index (Phi) is 3.58. The highest BCUT2D eigenvalue weighted by Gasteiger charge is 2.29. The summed E-state index contributed by atoms with van der Waals surface area (Å²) in [5, 5.41) is 15.6. The molecule has 7 heteroatoms. The van der Waals surface area contributed by atoms with E-state index >= 15 is 0 Å². The maximum atomic E-state index is 12.3. The molecule has 0 aliphatic carbocycles. The second-order valence-corrected chi connectivity index (χ2v) is 5.35. The van der Waals surface area contributed by atoms with Gasteiger partial charge in [0.1, 0.15) is 17.9 Å². The van der Waals surface area contributed by atoms with Crippen molar-refractivity contribution in [2.75, 3.05) is 11.9 Å². The van der Waals surface area contributed by atoms with Crippen LogP contribution in [-0.2, 0) is 16.0 Å². The number of amides is 2. The minimum atomic E-state index is -0.407. The molecule has 3 rings (SSSR count). The van der Waals surface area contributed by atoms with E-state index in [4.69, 9.17) is 0 Å². The number of fused-ring (bicyclic) bond motifs is 1. The number of nitrogens with zero attached hydrogens (tertiary/aromatic N) is 1. The van der Waals surface area contributed by atoms with E-state index in [0.717, 1.165) is 30.6 Å². The van der Waals surface area contributed by atoms with E-state index in [1.165, 1.54) is 0 Å². The molecule has 108 valence electrons. The van der Waals surface area contributed by atoms with Gasteiger partial charge in [0.15, 0.2) is 0 Å². The Morgan fingerprint density at radius 3 is 3.15 bits per heavy atom. The Labute approximate surface area is 116 Å². The first-order chi connectivity index (χ1) is 9.74. The predicted molar refractivity (Wildman–Crippen MR) is 73.1 cm³/mol. The molecule has 2 amide bonds. The molecule has 0 spiro atoms. The lowest BCUT2D eigenvalue weighted by Crippen LogP contribution is -2.51. The van der Waals surface area contributed by atoms with Crippen molar-refractivity contribution in [1.82, 2.24) is 20.8 Å². The number of aromatic nitrogens is 2. The van der Waals surface area contributed by atoms with E-state index in [1.807, 2.05) is 0 Å². The quantitative estimate of drug-likeness (QED) is 0.607. The first kappa shape index (κ1) is 13.0. The monoisotopic (exact) mass is 277 g/mol. The second-order valence-electron chi connectivity index (χ2n) is 5.35. The molecular formula is C13H19N5O2. The molecule has 1 saturated heterocycles. The lowest BCUT2D eigenvalue weighted by atomic mass is 10.0. The van der Waals surface area contributed by atoms with Crippen molar-refractivity contribution < 1.29 is 9.59 Å². The number of H-pyrrole nitrogens is 1. The smallest absolute Gasteiger partial charge is 0.243 e. The lowest BCUT2D eigenvalue weighted by Gasteiger charge is -2.25. The van der Waals surface area contributed by atoms with E-state index < -0.39 is 6.04 Å². The zero-order valence-electron chi connectivity index (χ0n) is 11.2. The van der Waals surface area contributed by atoms with Crippen LogP contribution in [0.25, 0.3) is 0 Å². The van der Waals surface area contributed by atoms with E-state index in [-0.39, 0.29) is 17.9 Å². The molecule has 1 aromatic rings. The molecule has 4 N–H and O–H groups in total. The molecule has 0 bridgehead atoms. The van der Waals surface area contributed by atoms with Crippen molar-refractivity contribution in [2.24, 2.45) is 0 Å². The lowest BCUT2D eigenvalue weighted by molar-refractivity contribution is -0.129. The van der Waals surface area contributed by atoms with Crippen molar-refractivity contribution >= 4 is 17.6 Å². The van der Waals surface area contributed by atoms with Crippen molar-refractivity contribution in [1.29, 1.82) is 0 Å². The molecule has 0 radical (unpaired) electrons. The van der Waals surface area contributed by atoms with Gasteiger partial charge in [-0.05, 0) is 32.1 Å². The van der Waals surface area contributed by atoms with Gasteiger partial charge in [-0.2, -0.15) is 5.10 Å². The van der Waals surface area contributed by atoms with Gasteiger partial charge in [-0.25, -0.2) is 0 Å². The van der Waals surface area contributed by atoms with Crippen LogP contribution in [0.4, 0.5) is 5.82 Å². The second kappa shape index (κ2) is 5.52. The van der Waals surface area contributed by atoms with Crippen LogP contribution in [-0.4, -0.2) is 40.6 Å². The minimum absolute atomic E-state index is 0.0751. The molecule has 20 heavy (non-hydrogen) atoms. The third-order valence-corrected chi connectivity index (χ3v) is 3.91. The Morgan fingerprint density at radius 1 is 1.35 bits per heavy atom. The van der Waals surface area contributed by atoms with E-state index in [1.54, 1.807) is 6.20 Å². The SMILES string of the molecule is O=C1NCCCCC1NC(=O)C1CCc2cn[nH]c2N1. The summed E-state index contributed by atoms with van der Waals surface area (Å²) >= 11 is 0. The Hall–Kier alpha value is -2.05. The largest absolute Gasteiger partial charge is 0.359 e. The molecule has 2 aliphatic heterocycles. The summed E-state index contributed by atoms with van der Waals surface area (Å²) in [5.41, 5.74) is 1.10. The van der Waals surface area contributed by atoms with Gasteiger partial charge in [-0.15, -0.1) is 0 Å². The summed E-state index contributed by atoms with van der Waals surface area (Å²) in [6.45, 7) is 0.699. The van der Waals surface area contributed by atoms with E-state index in [2.05, 4.69) is 26.1 Å². The van der Waals surface area contributed by atoms with Gasteiger partial charge in [-0.1, -0.05) is 0 Å². The molecule has 0 aromatic carbocycles. The van der Waals surface area contributed by atoms with Gasteiger partial charge in [0, 0.05) is 12.1 Å². The van der Waals surface area contributed by atoms with Gasteiger partial charge in [0.05, 0.1) is 6.20 Å². The maximum absolute atomic E-state index is 12.3. The van der Waals surface area contributed by atoms with E-state index in [0.29, 0.717) is 19.4 Å². The highest BCUT2D eigenvalue weighted by molar-refractivity contribution is 5.91. The molecule has 2 atom stereocenters. The fourth-order valence-corrected chi connectivity index (χ4v) is 2.72. The Balaban J connectivity index is 1.61. The number of hydrogen-bond acceptors (Lipinski definition) is 4. The van der Waals surface area contributed by atoms with Gasteiger partial charge >= 0.3 is 0 Å². The maximum Gasteiger partial charge on any atom is 0.243 e. The molecule has 0 saturated carbocycles. The summed E-state index contributed by atoms with van der Waals surface area (Å²) in [7, 11) is 0. The predicted octanol–water partition coefficient (Wildman–Crippen LogP) is -0.0787. The van der Waals surface area contributed by atoms with Crippen molar-refractivity contribution in [3.8, 4) is 0 Å². The first-order valence-electron chi connectivity index (χ1n) is 7.11. The highest BCUT2D eigenvalue weighted by atomic mass is 16.2. The van der Waals surface area contributed by atoms with Crippen LogP contribution in [0, 0.1) is 0 Å². The average molecular weight is 277 g/mol. The molecule has 1 aromatic heterocycles. The van der Waals surface area contributed by atoms with Gasteiger partial charge in [0.2, 0.25) is 11.8 Å². The van der Waals surface area contributed by atoms with Gasteiger partial charge < -0.3 is 16.0 Å². The summed E-state index contributed by atoms with van der Waals surface area (Å²) in [5.74, 6) is 0.614. The summed E-state index contributed by atoms with van der Waals surface area (Å²) in [4.78, 5) is 24.1. The third kappa shape index (κ3) is 2.61. The Bertz CT molecular complexity index is 513. The zero-order valence-corrected chi connectivity index (χ0v) is 11.2. The normalized spacial score (nSPS) is 25.9. The van der Waals surface area contributed by atoms with Crippen LogP contribution in [0.2, 0.25) is 0 Å². The fraction of sp³-hybridized carbons (Fsp3) is 0.615. The van der Waals surface area contributed by atoms with Crippen LogP contribution in [0.3, 0.4) is 0 Å². The van der Waals surface area contributed by atoms with E-state index in [9.17, 15) is 9.59 Å². The Morgan fingerprint density at radius 2 is 2.25 bits per heavy atom. The summed E-state index contributed by atoms with van der Waals surface area (Å²) in [6.07, 6.45) is 5.93. The number of nitrogens with one attached hydrogen (secondary N) is 4. The number of anilines is 1. The van der Waals surface area contributed by atoms with Gasteiger partial charge in [-0.3, -0.25) is 14.7 Å². The standard InChI is InChI=1S/C13H19N5O2/c19-12-9(3-1-2-6-14-12)17-13(20)10-5-4-8-7-15-18-11(8)16-10/h7,9-10H,1-6H2,(H,14,19)(H,17,20)(H2,15,16,18). The van der Waals surface area contributed by atoms with Crippen LogP contribution in [0.5, 0.6) is 0 Å². The summed E-state index contributed by atoms with van der Waals surface area (Å²) < 4.78 is 0. The van der Waals surface area contributed by atoms with Crippen molar-refractivity contribution in [3.63, 3.8) is 0 Å². The average Bonchev–Trinajstić information content (AvgIpc) is 2.83. The van der Waals surface area contributed by atoms with Crippen molar-refractivity contribution in [2.45, 2.75) is 44.2 Å². The summed E-state index contributed by atoms with van der Waals surface area (Å²) in [6, 6.07) is -0.714. The van der Waals surface area contributed by atoms with Crippen LogP contribution in [0.1, 0.15) is 31.2 Å². The third-order valence-electron chi connectivity index (χ3n) is 3.91. The fourth-order valence-electron chi connectivity index (χ4n) is 2.72. The topological polar surface area (TPSA) is 98.9 Å². The molecular weight excluding hydrogens is 258 g/mol.